The summed E-state index contributed by atoms with van der Waals surface area (Å²) in [4.78, 5) is 13.6. The van der Waals surface area contributed by atoms with E-state index in [1.54, 1.807) is 0 Å². The van der Waals surface area contributed by atoms with E-state index in [0.29, 0.717) is 11.8 Å². The minimum Gasteiger partial charge on any atom is -0.493 e. The second-order valence-electron chi connectivity index (χ2n) is 5.27. The summed E-state index contributed by atoms with van der Waals surface area (Å²) in [6.45, 7) is 0.806. The van der Waals surface area contributed by atoms with E-state index in [-0.39, 0.29) is 0 Å². The minimum absolute atomic E-state index is 0.419. The predicted molar refractivity (Wildman–Crippen MR) is 71.3 cm³/mol. The van der Waals surface area contributed by atoms with Crippen molar-refractivity contribution in [1.82, 2.24) is 0 Å². The van der Waals surface area contributed by atoms with Crippen LogP contribution >= 0.6 is 0 Å². The Morgan fingerprint density at radius 3 is 2.78 bits per heavy atom. The average molecular weight is 245 g/mol. The van der Waals surface area contributed by atoms with Crippen molar-refractivity contribution < 1.29 is 9.53 Å². The Labute approximate surface area is 108 Å². The molecule has 0 atom stereocenters. The van der Waals surface area contributed by atoms with Crippen molar-refractivity contribution in [2.75, 3.05) is 18.6 Å². The molecule has 18 heavy (non-hydrogen) atoms. The summed E-state index contributed by atoms with van der Waals surface area (Å²) in [7, 11) is 2.14. The molecule has 0 aromatic heterocycles. The number of carbonyl (C=O) groups excluding carboxylic acids is 1. The Balaban J connectivity index is 1.75. The molecule has 3 heteroatoms. The number of hydrogen-bond donors (Lipinski definition) is 0. The minimum atomic E-state index is 0.419. The molecule has 0 radical (unpaired) electrons. The fourth-order valence-electron chi connectivity index (χ4n) is 2.92. The number of carbonyl (C=O) groups is 1. The van der Waals surface area contributed by atoms with Crippen molar-refractivity contribution in [3.63, 3.8) is 0 Å². The van der Waals surface area contributed by atoms with Gasteiger partial charge in [-0.05, 0) is 36.6 Å². The predicted octanol–water partition coefficient (Wildman–Crippen LogP) is 2.57. The van der Waals surface area contributed by atoms with E-state index in [4.69, 9.17) is 4.74 Å². The molecule has 1 aliphatic heterocycles. The van der Waals surface area contributed by atoms with Gasteiger partial charge in [-0.25, -0.2) is 0 Å². The number of hydrogen-bond acceptors (Lipinski definition) is 3. The van der Waals surface area contributed by atoms with Crippen molar-refractivity contribution in [2.45, 2.75) is 38.1 Å². The van der Waals surface area contributed by atoms with Gasteiger partial charge in [0.05, 0.1) is 6.61 Å². The van der Waals surface area contributed by atoms with Crippen LogP contribution in [0.15, 0.2) is 18.2 Å². The Hall–Kier alpha value is -1.51. The van der Waals surface area contributed by atoms with Gasteiger partial charge in [-0.1, -0.05) is 0 Å². The van der Waals surface area contributed by atoms with Crippen molar-refractivity contribution in [3.8, 4) is 5.75 Å². The van der Waals surface area contributed by atoms with Gasteiger partial charge in [-0.2, -0.15) is 0 Å². The highest BCUT2D eigenvalue weighted by molar-refractivity contribution is 5.79. The van der Waals surface area contributed by atoms with Crippen LogP contribution in [0, 0.1) is 0 Å². The number of nitrogens with zero attached hydrogens (tertiary/aromatic N) is 1. The molecule has 0 N–H and O–H groups in total. The maximum Gasteiger partial charge on any atom is 0.133 e. The van der Waals surface area contributed by atoms with E-state index in [1.807, 2.05) is 0 Å². The van der Waals surface area contributed by atoms with Crippen LogP contribution in [-0.2, 0) is 11.2 Å². The van der Waals surface area contributed by atoms with E-state index in [9.17, 15) is 4.79 Å². The van der Waals surface area contributed by atoms with E-state index >= 15 is 0 Å². The summed E-state index contributed by atoms with van der Waals surface area (Å²) in [6.07, 6.45) is 4.47. The van der Waals surface area contributed by atoms with Crippen LogP contribution in [0.25, 0.3) is 0 Å². The molecule has 1 heterocycles. The molecule has 3 nitrogen and oxygen atoms in total. The molecule has 3 rings (SSSR count). The summed E-state index contributed by atoms with van der Waals surface area (Å²) in [5.74, 6) is 1.45. The fraction of sp³-hybridized carbons (Fsp3) is 0.533. The van der Waals surface area contributed by atoms with Crippen LogP contribution < -0.4 is 9.64 Å². The van der Waals surface area contributed by atoms with Crippen molar-refractivity contribution in [1.29, 1.82) is 0 Å². The van der Waals surface area contributed by atoms with Gasteiger partial charge in [-0.3, -0.25) is 4.79 Å². The Bertz CT molecular complexity index is 460. The second kappa shape index (κ2) is 4.63. The van der Waals surface area contributed by atoms with Gasteiger partial charge < -0.3 is 9.64 Å². The first kappa shape index (κ1) is 11.6. The van der Waals surface area contributed by atoms with Gasteiger partial charge in [0, 0.05) is 38.0 Å². The lowest BCUT2D eigenvalue weighted by Crippen LogP contribution is -2.35. The molecule has 0 unspecified atom stereocenters. The van der Waals surface area contributed by atoms with Gasteiger partial charge in [0.1, 0.15) is 11.5 Å². The Morgan fingerprint density at radius 2 is 2.00 bits per heavy atom. The van der Waals surface area contributed by atoms with Gasteiger partial charge in [-0.15, -0.1) is 0 Å². The lowest BCUT2D eigenvalue weighted by atomic mass is 9.93. The van der Waals surface area contributed by atoms with E-state index in [0.717, 1.165) is 44.5 Å². The molecule has 0 spiro atoms. The first-order valence-corrected chi connectivity index (χ1v) is 6.74. The van der Waals surface area contributed by atoms with Crippen LogP contribution in [-0.4, -0.2) is 25.5 Å². The molecule has 0 saturated heterocycles. The summed E-state index contributed by atoms with van der Waals surface area (Å²) in [6, 6.07) is 6.93. The zero-order valence-electron chi connectivity index (χ0n) is 10.8. The number of ketones is 1. The van der Waals surface area contributed by atoms with E-state index < -0.39 is 0 Å². The van der Waals surface area contributed by atoms with Gasteiger partial charge in [0.25, 0.3) is 0 Å². The normalized spacial score (nSPS) is 19.5. The summed E-state index contributed by atoms with van der Waals surface area (Å²) >= 11 is 0. The highest BCUT2D eigenvalue weighted by Gasteiger charge is 2.23. The molecule has 1 aromatic rings. The third kappa shape index (κ3) is 2.09. The number of Topliss-reactive ketones (excluding diaryl/α,β-unsaturated/α-hetero) is 1. The molecular formula is C15H19NO2. The molecule has 1 aliphatic carbocycles. The maximum absolute atomic E-state index is 11.3. The van der Waals surface area contributed by atoms with Crippen molar-refractivity contribution in [2.24, 2.45) is 0 Å². The number of rotatable bonds is 2. The average Bonchev–Trinajstić information content (AvgIpc) is 2.86. The number of benzene rings is 1. The Kier molecular flexibility index (Phi) is 2.98. The number of fused-ring (bicyclic) bond motifs is 1. The fourth-order valence-corrected chi connectivity index (χ4v) is 2.92. The highest BCUT2D eigenvalue weighted by Crippen LogP contribution is 2.31. The van der Waals surface area contributed by atoms with Crippen LogP contribution in [0.5, 0.6) is 5.75 Å². The molecule has 0 bridgehead atoms. The monoisotopic (exact) mass is 245 g/mol. The lowest BCUT2D eigenvalue weighted by molar-refractivity contribution is -0.120. The Morgan fingerprint density at radius 1 is 1.22 bits per heavy atom. The zero-order valence-corrected chi connectivity index (χ0v) is 10.8. The van der Waals surface area contributed by atoms with Gasteiger partial charge in [0.2, 0.25) is 0 Å². The molecule has 1 aromatic carbocycles. The topological polar surface area (TPSA) is 29.5 Å². The molecule has 0 amide bonds. The molecule has 1 fully saturated rings. The smallest absolute Gasteiger partial charge is 0.133 e. The van der Waals surface area contributed by atoms with Crippen LogP contribution in [0.3, 0.4) is 0 Å². The first-order valence-electron chi connectivity index (χ1n) is 6.74. The van der Waals surface area contributed by atoms with Crippen molar-refractivity contribution in [3.05, 3.63) is 23.8 Å². The number of ether oxygens (including phenoxy) is 1. The standard InChI is InChI=1S/C15H19NO2/c1-16(12-2-5-14(17)6-3-12)13-4-7-15-11(10-13)8-9-18-15/h4,7,10,12H,2-3,5-6,8-9H2,1H3. The highest BCUT2D eigenvalue weighted by atomic mass is 16.5. The summed E-state index contributed by atoms with van der Waals surface area (Å²) < 4.78 is 5.53. The molecule has 96 valence electrons. The van der Waals surface area contributed by atoms with Crippen LogP contribution in [0.4, 0.5) is 5.69 Å². The van der Waals surface area contributed by atoms with Gasteiger partial charge >= 0.3 is 0 Å². The zero-order chi connectivity index (χ0) is 12.5. The SMILES string of the molecule is CN(c1ccc2c(c1)CCO2)C1CCC(=O)CC1. The largest absolute Gasteiger partial charge is 0.493 e. The molecule has 2 aliphatic rings. The van der Waals surface area contributed by atoms with Crippen LogP contribution in [0.2, 0.25) is 0 Å². The summed E-state index contributed by atoms with van der Waals surface area (Å²) in [5.41, 5.74) is 2.56. The van der Waals surface area contributed by atoms with Crippen LogP contribution in [0.1, 0.15) is 31.2 Å². The van der Waals surface area contributed by atoms with E-state index in [1.165, 1.54) is 11.3 Å². The maximum atomic E-state index is 11.3. The van der Waals surface area contributed by atoms with Gasteiger partial charge in [0.15, 0.2) is 0 Å². The third-order valence-corrected chi connectivity index (χ3v) is 4.14. The molecule has 1 saturated carbocycles. The third-order valence-electron chi connectivity index (χ3n) is 4.14. The summed E-state index contributed by atoms with van der Waals surface area (Å²) in [5, 5.41) is 0. The van der Waals surface area contributed by atoms with E-state index in [2.05, 4.69) is 30.1 Å². The second-order valence-corrected chi connectivity index (χ2v) is 5.27. The number of anilines is 1. The quantitative estimate of drug-likeness (QED) is 0.802. The first-order chi connectivity index (χ1) is 8.74. The lowest BCUT2D eigenvalue weighted by Gasteiger charge is -2.32. The molecular weight excluding hydrogens is 226 g/mol. The van der Waals surface area contributed by atoms with Crippen molar-refractivity contribution >= 4 is 11.5 Å².